The molecule has 0 unspecified atom stereocenters. The molecule has 1 heterocycles. The first-order valence-electron chi connectivity index (χ1n) is 9.04. The van der Waals surface area contributed by atoms with Gasteiger partial charge in [0.25, 0.3) is 0 Å². The van der Waals surface area contributed by atoms with Gasteiger partial charge in [0.15, 0.2) is 0 Å². The molecule has 26 heavy (non-hydrogen) atoms. The topological polar surface area (TPSA) is 35.6 Å². The van der Waals surface area contributed by atoms with Gasteiger partial charge in [-0.3, -0.25) is 14.6 Å². The van der Waals surface area contributed by atoms with E-state index in [0.717, 1.165) is 26.2 Å². The van der Waals surface area contributed by atoms with Crippen LogP contribution in [-0.4, -0.2) is 55.0 Å². The summed E-state index contributed by atoms with van der Waals surface area (Å²) < 4.78 is 0. The smallest absolute Gasteiger partial charge is 0.234 e. The second kappa shape index (κ2) is 9.19. The van der Waals surface area contributed by atoms with E-state index in [1.54, 1.807) is 0 Å². The van der Waals surface area contributed by atoms with Crippen LogP contribution in [0.15, 0.2) is 60.7 Å². The summed E-state index contributed by atoms with van der Waals surface area (Å²) in [6.45, 7) is 4.31. The summed E-state index contributed by atoms with van der Waals surface area (Å²) >= 11 is 0. The molecule has 1 amide bonds. The SMILES string of the molecule is C#CCNC(=O)CN1CCN(C(c2ccccc2)c2ccccc2)CC1. The lowest BCUT2D eigenvalue weighted by Crippen LogP contribution is -2.50. The van der Waals surface area contributed by atoms with Gasteiger partial charge in [-0.05, 0) is 11.1 Å². The summed E-state index contributed by atoms with van der Waals surface area (Å²) in [4.78, 5) is 16.6. The molecule has 4 heteroatoms. The van der Waals surface area contributed by atoms with Gasteiger partial charge in [0.1, 0.15) is 0 Å². The van der Waals surface area contributed by atoms with Crippen LogP contribution < -0.4 is 5.32 Å². The maximum atomic E-state index is 11.9. The fourth-order valence-corrected chi connectivity index (χ4v) is 3.47. The zero-order valence-electron chi connectivity index (χ0n) is 15.0. The first kappa shape index (κ1) is 18.2. The van der Waals surface area contributed by atoms with Crippen molar-refractivity contribution in [1.29, 1.82) is 0 Å². The molecule has 0 atom stereocenters. The highest BCUT2D eigenvalue weighted by Gasteiger charge is 2.26. The fourth-order valence-electron chi connectivity index (χ4n) is 3.47. The Morgan fingerprint density at radius 2 is 1.50 bits per heavy atom. The minimum atomic E-state index is -0.000862. The fraction of sp³-hybridized carbons (Fsp3) is 0.318. The van der Waals surface area contributed by atoms with Crippen molar-refractivity contribution in [3.05, 3.63) is 71.8 Å². The quantitative estimate of drug-likeness (QED) is 0.814. The molecule has 1 aliphatic rings. The van der Waals surface area contributed by atoms with Crippen LogP contribution in [0.4, 0.5) is 0 Å². The van der Waals surface area contributed by atoms with E-state index in [1.807, 2.05) is 0 Å². The van der Waals surface area contributed by atoms with E-state index in [-0.39, 0.29) is 11.9 Å². The van der Waals surface area contributed by atoms with Gasteiger partial charge >= 0.3 is 0 Å². The standard InChI is InChI=1S/C22H25N3O/c1-2-13-23-21(26)18-24-14-16-25(17-15-24)22(19-9-5-3-6-10-19)20-11-7-4-8-12-20/h1,3-12,22H,13-18H2,(H,23,26). The zero-order chi connectivity index (χ0) is 18.2. The number of hydrogen-bond donors (Lipinski definition) is 1. The third kappa shape index (κ3) is 4.72. The van der Waals surface area contributed by atoms with Crippen LogP contribution in [0.3, 0.4) is 0 Å². The molecule has 2 aromatic carbocycles. The highest BCUT2D eigenvalue weighted by Crippen LogP contribution is 2.29. The van der Waals surface area contributed by atoms with Crippen molar-refractivity contribution in [2.75, 3.05) is 39.3 Å². The Morgan fingerprint density at radius 1 is 0.962 bits per heavy atom. The Hall–Kier alpha value is -2.61. The van der Waals surface area contributed by atoms with E-state index in [2.05, 4.69) is 81.7 Å². The molecule has 1 aliphatic heterocycles. The molecule has 3 rings (SSSR count). The van der Waals surface area contributed by atoms with Crippen LogP contribution in [0.5, 0.6) is 0 Å². The lowest BCUT2D eigenvalue weighted by Gasteiger charge is -2.39. The minimum absolute atomic E-state index is 0.000862. The summed E-state index contributed by atoms with van der Waals surface area (Å²) in [5.74, 6) is 2.43. The van der Waals surface area contributed by atoms with Crippen LogP contribution >= 0.6 is 0 Å². The van der Waals surface area contributed by atoms with Crippen molar-refractivity contribution in [2.24, 2.45) is 0 Å². The molecule has 134 valence electrons. The van der Waals surface area contributed by atoms with Crippen LogP contribution in [-0.2, 0) is 4.79 Å². The second-order valence-corrected chi connectivity index (χ2v) is 6.52. The van der Waals surface area contributed by atoms with Gasteiger partial charge in [-0.1, -0.05) is 66.6 Å². The summed E-state index contributed by atoms with van der Waals surface area (Å²) in [6.07, 6.45) is 5.19. The van der Waals surface area contributed by atoms with Crippen molar-refractivity contribution < 1.29 is 4.79 Å². The van der Waals surface area contributed by atoms with E-state index in [1.165, 1.54) is 11.1 Å². The Bertz CT molecular complexity index is 691. The van der Waals surface area contributed by atoms with E-state index >= 15 is 0 Å². The minimum Gasteiger partial charge on any atom is -0.344 e. The second-order valence-electron chi connectivity index (χ2n) is 6.52. The molecular weight excluding hydrogens is 322 g/mol. The number of hydrogen-bond acceptors (Lipinski definition) is 3. The predicted octanol–water partition coefficient (Wildman–Crippen LogP) is 2.14. The van der Waals surface area contributed by atoms with Crippen LogP contribution in [0.25, 0.3) is 0 Å². The number of nitrogens with zero attached hydrogens (tertiary/aromatic N) is 2. The lowest BCUT2D eigenvalue weighted by molar-refractivity contribution is -0.122. The third-order valence-corrected chi connectivity index (χ3v) is 4.76. The monoisotopic (exact) mass is 347 g/mol. The lowest BCUT2D eigenvalue weighted by atomic mass is 9.96. The number of piperazine rings is 1. The average molecular weight is 347 g/mol. The van der Waals surface area contributed by atoms with E-state index in [4.69, 9.17) is 6.42 Å². The van der Waals surface area contributed by atoms with Gasteiger partial charge in [0.05, 0.1) is 19.1 Å². The third-order valence-electron chi connectivity index (χ3n) is 4.76. The molecule has 1 saturated heterocycles. The summed E-state index contributed by atoms with van der Waals surface area (Å²) in [5.41, 5.74) is 2.61. The van der Waals surface area contributed by atoms with E-state index < -0.39 is 0 Å². The number of nitrogens with one attached hydrogen (secondary N) is 1. The highest BCUT2D eigenvalue weighted by molar-refractivity contribution is 5.78. The van der Waals surface area contributed by atoms with Gasteiger partial charge in [0.2, 0.25) is 5.91 Å². The molecule has 4 nitrogen and oxygen atoms in total. The zero-order valence-corrected chi connectivity index (χ0v) is 15.0. The first-order chi connectivity index (χ1) is 12.8. The van der Waals surface area contributed by atoms with Crippen LogP contribution in [0.1, 0.15) is 17.2 Å². The number of terminal acetylenes is 1. The molecule has 1 fully saturated rings. The molecule has 0 aromatic heterocycles. The number of amides is 1. The number of benzene rings is 2. The van der Waals surface area contributed by atoms with Gasteiger partial charge in [-0.2, -0.15) is 0 Å². The van der Waals surface area contributed by atoms with Crippen LogP contribution in [0, 0.1) is 12.3 Å². The Balaban J connectivity index is 1.67. The maximum Gasteiger partial charge on any atom is 0.234 e. The van der Waals surface area contributed by atoms with Crippen molar-refractivity contribution in [3.8, 4) is 12.3 Å². The van der Waals surface area contributed by atoms with Crippen molar-refractivity contribution in [2.45, 2.75) is 6.04 Å². The molecule has 0 aliphatic carbocycles. The van der Waals surface area contributed by atoms with Gasteiger partial charge < -0.3 is 5.32 Å². The summed E-state index contributed by atoms with van der Waals surface area (Å²) in [6, 6.07) is 21.5. The van der Waals surface area contributed by atoms with Crippen molar-refractivity contribution in [3.63, 3.8) is 0 Å². The molecule has 0 radical (unpaired) electrons. The van der Waals surface area contributed by atoms with E-state index in [0.29, 0.717) is 13.1 Å². The van der Waals surface area contributed by atoms with Gasteiger partial charge in [-0.15, -0.1) is 6.42 Å². The maximum absolute atomic E-state index is 11.9. The first-order valence-corrected chi connectivity index (χ1v) is 9.04. The number of carbonyl (C=O) groups is 1. The Kier molecular flexibility index (Phi) is 6.43. The Morgan fingerprint density at radius 3 is 2.00 bits per heavy atom. The van der Waals surface area contributed by atoms with Crippen LogP contribution in [0.2, 0.25) is 0 Å². The highest BCUT2D eigenvalue weighted by atomic mass is 16.2. The predicted molar refractivity (Wildman–Crippen MR) is 105 cm³/mol. The molecule has 0 spiro atoms. The molecule has 2 aromatic rings. The normalized spacial score (nSPS) is 15.5. The molecule has 0 bridgehead atoms. The number of rotatable bonds is 6. The average Bonchev–Trinajstić information content (AvgIpc) is 2.70. The molecular formula is C22H25N3O. The molecule has 0 saturated carbocycles. The van der Waals surface area contributed by atoms with Gasteiger partial charge in [0, 0.05) is 26.2 Å². The molecule has 1 N–H and O–H groups in total. The Labute approximate surface area is 155 Å². The largest absolute Gasteiger partial charge is 0.344 e. The van der Waals surface area contributed by atoms with Gasteiger partial charge in [-0.25, -0.2) is 0 Å². The van der Waals surface area contributed by atoms with Crippen molar-refractivity contribution >= 4 is 5.91 Å². The summed E-state index contributed by atoms with van der Waals surface area (Å²) in [7, 11) is 0. The number of carbonyl (C=O) groups excluding carboxylic acids is 1. The van der Waals surface area contributed by atoms with E-state index in [9.17, 15) is 4.79 Å². The van der Waals surface area contributed by atoms with Crippen molar-refractivity contribution in [1.82, 2.24) is 15.1 Å². The summed E-state index contributed by atoms with van der Waals surface area (Å²) in [5, 5.41) is 2.73.